The fourth-order valence-corrected chi connectivity index (χ4v) is 4.93. The number of carbonyl (C=O) groups excluding carboxylic acids is 1. The molecular weight excluding hydrogens is 569 g/mol. The van der Waals surface area contributed by atoms with Crippen LogP contribution in [0.15, 0.2) is 83.9 Å². The first-order valence-corrected chi connectivity index (χ1v) is 13.9. The second-order valence-electron chi connectivity index (χ2n) is 9.75. The number of nitrogens with one attached hydrogen (secondary N) is 1. The highest BCUT2D eigenvalue weighted by atomic mass is 19.1. The molecule has 10 nitrogen and oxygen atoms in total. The highest BCUT2D eigenvalue weighted by Crippen LogP contribution is 2.48. The summed E-state index contributed by atoms with van der Waals surface area (Å²) >= 11 is 0. The fourth-order valence-electron chi connectivity index (χ4n) is 4.93. The normalized spacial score (nSPS) is 12.1. The Balaban J connectivity index is 1.27. The third-order valence-corrected chi connectivity index (χ3v) is 6.92. The van der Waals surface area contributed by atoms with Crippen LogP contribution in [-0.2, 0) is 6.54 Å². The van der Waals surface area contributed by atoms with E-state index in [1.165, 1.54) is 30.0 Å². The maximum atomic E-state index is 15.4. The van der Waals surface area contributed by atoms with Gasteiger partial charge in [0.25, 0.3) is 11.5 Å². The SMILES string of the molecule is CCOc1ccn(Cc2ccccc2)c(=O)c1C(=O)Nc1ccc(Oc2ccnc3cc(OC)c4c(c23)OCCO4)c(F)c1. The maximum absolute atomic E-state index is 15.4. The molecule has 0 saturated carbocycles. The van der Waals surface area contributed by atoms with Crippen molar-refractivity contribution in [2.75, 3.05) is 32.2 Å². The van der Waals surface area contributed by atoms with Crippen LogP contribution in [0.2, 0.25) is 0 Å². The van der Waals surface area contributed by atoms with Crippen molar-refractivity contribution < 1.29 is 32.9 Å². The van der Waals surface area contributed by atoms with Crippen molar-refractivity contribution >= 4 is 22.5 Å². The number of hydrogen-bond acceptors (Lipinski definition) is 8. The molecule has 6 rings (SSSR count). The Hall–Kier alpha value is -5.58. The number of nitrogens with zero attached hydrogens (tertiary/aromatic N) is 2. The van der Waals surface area contributed by atoms with Crippen molar-refractivity contribution in [2.24, 2.45) is 0 Å². The highest BCUT2D eigenvalue weighted by molar-refractivity contribution is 6.06. The molecule has 0 saturated heterocycles. The van der Waals surface area contributed by atoms with Gasteiger partial charge in [-0.05, 0) is 36.8 Å². The van der Waals surface area contributed by atoms with Gasteiger partial charge in [0.05, 0.1) is 31.2 Å². The molecule has 2 aromatic heterocycles. The molecule has 0 radical (unpaired) electrons. The molecule has 0 unspecified atom stereocenters. The lowest BCUT2D eigenvalue weighted by Gasteiger charge is -2.23. The predicted octanol–water partition coefficient (Wildman–Crippen LogP) is 5.81. The Bertz CT molecular complexity index is 1910. The molecule has 0 atom stereocenters. The van der Waals surface area contributed by atoms with Crippen molar-refractivity contribution in [2.45, 2.75) is 13.5 Å². The van der Waals surface area contributed by atoms with E-state index >= 15 is 4.39 Å². The number of ether oxygens (including phenoxy) is 5. The van der Waals surface area contributed by atoms with Gasteiger partial charge in [0.2, 0.25) is 5.75 Å². The minimum absolute atomic E-state index is 0.100. The molecule has 1 aliphatic heterocycles. The molecule has 1 N–H and O–H groups in total. The lowest BCUT2D eigenvalue weighted by Crippen LogP contribution is -2.30. The summed E-state index contributed by atoms with van der Waals surface area (Å²) in [6.07, 6.45) is 3.11. The molecule has 0 fully saturated rings. The Morgan fingerprint density at radius 2 is 1.77 bits per heavy atom. The van der Waals surface area contributed by atoms with E-state index in [-0.39, 0.29) is 35.9 Å². The molecule has 0 spiro atoms. The largest absolute Gasteiger partial charge is 0.493 e. The number of carbonyl (C=O) groups is 1. The number of rotatable bonds is 9. The first-order valence-electron chi connectivity index (χ1n) is 13.9. The van der Waals surface area contributed by atoms with E-state index in [2.05, 4.69) is 10.3 Å². The lowest BCUT2D eigenvalue weighted by atomic mass is 10.1. The van der Waals surface area contributed by atoms with E-state index < -0.39 is 17.3 Å². The topological polar surface area (TPSA) is 110 Å². The summed E-state index contributed by atoms with van der Waals surface area (Å²) in [5.41, 5.74) is 0.811. The number of fused-ring (bicyclic) bond motifs is 3. The Kier molecular flexibility index (Phi) is 8.00. The van der Waals surface area contributed by atoms with Gasteiger partial charge in [-0.15, -0.1) is 0 Å². The predicted molar refractivity (Wildman–Crippen MR) is 161 cm³/mol. The molecule has 44 heavy (non-hydrogen) atoms. The van der Waals surface area contributed by atoms with E-state index in [0.29, 0.717) is 47.1 Å². The first kappa shape index (κ1) is 28.5. The minimum atomic E-state index is -0.744. The lowest BCUT2D eigenvalue weighted by molar-refractivity contribution is 0.102. The third kappa shape index (κ3) is 5.59. The van der Waals surface area contributed by atoms with Gasteiger partial charge in [0.1, 0.15) is 30.3 Å². The van der Waals surface area contributed by atoms with Gasteiger partial charge in [-0.3, -0.25) is 14.6 Å². The summed E-state index contributed by atoms with van der Waals surface area (Å²) in [5.74, 6) is 0.119. The van der Waals surface area contributed by atoms with Crippen LogP contribution in [0.5, 0.6) is 34.5 Å². The summed E-state index contributed by atoms with van der Waals surface area (Å²) in [7, 11) is 1.52. The maximum Gasteiger partial charge on any atom is 0.267 e. The van der Waals surface area contributed by atoms with Crippen molar-refractivity contribution in [3.8, 4) is 34.5 Å². The van der Waals surface area contributed by atoms with Crippen molar-refractivity contribution in [3.63, 3.8) is 0 Å². The summed E-state index contributed by atoms with van der Waals surface area (Å²) in [6, 6.07) is 18.2. The van der Waals surface area contributed by atoms with Crippen LogP contribution in [0.3, 0.4) is 0 Å². The quantitative estimate of drug-likeness (QED) is 0.227. The van der Waals surface area contributed by atoms with Crippen LogP contribution >= 0.6 is 0 Å². The van der Waals surface area contributed by atoms with Gasteiger partial charge in [-0.25, -0.2) is 4.39 Å². The second kappa shape index (κ2) is 12.3. The average molecular weight is 598 g/mol. The summed E-state index contributed by atoms with van der Waals surface area (Å²) in [5, 5.41) is 3.11. The smallest absolute Gasteiger partial charge is 0.267 e. The van der Waals surface area contributed by atoms with Crippen LogP contribution < -0.4 is 34.6 Å². The molecule has 5 aromatic rings. The number of pyridine rings is 2. The van der Waals surface area contributed by atoms with Crippen LogP contribution in [0.4, 0.5) is 10.1 Å². The monoisotopic (exact) mass is 597 g/mol. The molecule has 0 aliphatic carbocycles. The zero-order valence-electron chi connectivity index (χ0n) is 24.0. The molecule has 224 valence electrons. The average Bonchev–Trinajstić information content (AvgIpc) is 3.04. The van der Waals surface area contributed by atoms with Crippen molar-refractivity contribution in [3.05, 3.63) is 106 Å². The van der Waals surface area contributed by atoms with Gasteiger partial charge in [-0.1, -0.05) is 30.3 Å². The first-order chi connectivity index (χ1) is 21.5. The van der Waals surface area contributed by atoms with Crippen LogP contribution in [0.1, 0.15) is 22.8 Å². The molecular formula is C33H28FN3O7. The van der Waals surface area contributed by atoms with Crippen molar-refractivity contribution in [1.29, 1.82) is 0 Å². The van der Waals surface area contributed by atoms with Gasteiger partial charge < -0.3 is 33.6 Å². The van der Waals surface area contributed by atoms with E-state index in [0.717, 1.165) is 11.6 Å². The standard InChI is InChI=1S/C33H28FN3O7/c1-3-41-25-12-14-37(19-20-7-5-4-6-8-20)33(39)29(25)32(38)36-21-9-10-24(22(34)17-21)44-26-11-13-35-23-18-27(40-2)30-31(28(23)26)43-16-15-42-30/h4-14,17-18H,3,15-16,19H2,1-2H3,(H,36,38). The minimum Gasteiger partial charge on any atom is -0.493 e. The fraction of sp³-hybridized carbons (Fsp3) is 0.182. The Morgan fingerprint density at radius 3 is 2.52 bits per heavy atom. The second-order valence-corrected chi connectivity index (χ2v) is 9.75. The van der Waals surface area contributed by atoms with Gasteiger partial charge >= 0.3 is 0 Å². The van der Waals surface area contributed by atoms with Gasteiger partial charge in [0, 0.05) is 30.2 Å². The van der Waals surface area contributed by atoms with Gasteiger partial charge in [-0.2, -0.15) is 0 Å². The molecule has 11 heteroatoms. The molecule has 1 aliphatic rings. The number of hydrogen-bond donors (Lipinski definition) is 1. The van der Waals surface area contributed by atoms with E-state index in [1.807, 2.05) is 30.3 Å². The van der Waals surface area contributed by atoms with Crippen LogP contribution in [-0.4, -0.2) is 42.4 Å². The van der Waals surface area contributed by atoms with E-state index in [9.17, 15) is 9.59 Å². The number of halogens is 1. The summed E-state index contributed by atoms with van der Waals surface area (Å²) in [6.45, 7) is 2.94. The highest BCUT2D eigenvalue weighted by Gasteiger charge is 2.25. The number of methoxy groups -OCH3 is 1. The Morgan fingerprint density at radius 1 is 0.977 bits per heavy atom. The third-order valence-electron chi connectivity index (χ3n) is 6.92. The number of anilines is 1. The molecule has 3 aromatic carbocycles. The van der Waals surface area contributed by atoms with E-state index in [1.54, 1.807) is 31.3 Å². The molecule has 1 amide bonds. The molecule has 3 heterocycles. The van der Waals surface area contributed by atoms with Gasteiger partial charge in [0.15, 0.2) is 23.1 Å². The zero-order chi connectivity index (χ0) is 30.6. The zero-order valence-corrected chi connectivity index (χ0v) is 24.0. The Labute approximate surface area is 251 Å². The van der Waals surface area contributed by atoms with E-state index in [4.69, 9.17) is 23.7 Å². The number of benzene rings is 3. The number of aromatic nitrogens is 2. The number of amides is 1. The summed E-state index contributed by atoms with van der Waals surface area (Å²) < 4.78 is 45.4. The van der Waals surface area contributed by atoms with Crippen LogP contribution in [0.25, 0.3) is 10.9 Å². The molecule has 0 bridgehead atoms. The summed E-state index contributed by atoms with van der Waals surface area (Å²) in [4.78, 5) is 31.1. The van der Waals surface area contributed by atoms with Crippen LogP contribution in [0, 0.1) is 5.82 Å². The van der Waals surface area contributed by atoms with Crippen molar-refractivity contribution in [1.82, 2.24) is 9.55 Å².